The number of alkyl halides is 3. The maximum absolute atomic E-state index is 11.9. The van der Waals surface area contributed by atoms with Gasteiger partial charge in [-0.3, -0.25) is 4.79 Å². The Balaban J connectivity index is 2.57. The summed E-state index contributed by atoms with van der Waals surface area (Å²) in [6.07, 6.45) is -4.35. The van der Waals surface area contributed by atoms with Crippen LogP contribution in [0.3, 0.4) is 0 Å². The number of rotatable bonds is 6. The second kappa shape index (κ2) is 6.56. The van der Waals surface area contributed by atoms with Crippen molar-refractivity contribution in [2.45, 2.75) is 26.1 Å². The smallest absolute Gasteiger partial charge is 0.401 e. The number of halogens is 3. The highest BCUT2D eigenvalue weighted by atomic mass is 19.4. The maximum Gasteiger partial charge on any atom is 0.401 e. The van der Waals surface area contributed by atoms with Crippen LogP contribution in [0.5, 0.6) is 5.75 Å². The lowest BCUT2D eigenvalue weighted by atomic mass is 10.1. The van der Waals surface area contributed by atoms with Gasteiger partial charge in [0, 0.05) is 5.56 Å². The topological polar surface area (TPSA) is 38.3 Å². The van der Waals surface area contributed by atoms with Gasteiger partial charge in [-0.1, -0.05) is 12.1 Å². The number of carbonyl (C=O) groups excluding carboxylic acids is 1. The van der Waals surface area contributed by atoms with Gasteiger partial charge in [0.05, 0.1) is 19.2 Å². The number of hydrogen-bond donors (Lipinski definition) is 1. The van der Waals surface area contributed by atoms with E-state index < -0.39 is 18.5 Å². The van der Waals surface area contributed by atoms with E-state index in [1.165, 1.54) is 6.07 Å². The lowest BCUT2D eigenvalue weighted by molar-refractivity contribution is -0.124. The maximum atomic E-state index is 11.9. The normalized spacial score (nSPS) is 11.7. The van der Waals surface area contributed by atoms with E-state index in [9.17, 15) is 18.0 Å². The summed E-state index contributed by atoms with van der Waals surface area (Å²) < 4.78 is 41.2. The van der Waals surface area contributed by atoms with Gasteiger partial charge in [0.2, 0.25) is 0 Å². The molecule has 0 spiro atoms. The highest BCUT2D eigenvalue weighted by molar-refractivity contribution is 5.97. The molecule has 0 saturated carbocycles. The van der Waals surface area contributed by atoms with Crippen LogP contribution in [0.25, 0.3) is 0 Å². The van der Waals surface area contributed by atoms with E-state index >= 15 is 0 Å². The molecule has 0 aliphatic heterocycles. The van der Waals surface area contributed by atoms with Crippen LogP contribution in [0.1, 0.15) is 24.2 Å². The predicted octanol–water partition coefficient (Wildman–Crippen LogP) is 2.81. The van der Waals surface area contributed by atoms with Crippen molar-refractivity contribution < 1.29 is 22.7 Å². The van der Waals surface area contributed by atoms with Crippen molar-refractivity contribution in [3.63, 3.8) is 0 Å². The Morgan fingerprint density at radius 2 is 2.05 bits per heavy atom. The van der Waals surface area contributed by atoms with Crippen LogP contribution in [0.4, 0.5) is 13.2 Å². The largest absolute Gasteiger partial charge is 0.491 e. The molecule has 0 bridgehead atoms. The number of ketones is 1. The quantitative estimate of drug-likeness (QED) is 0.811. The number of nitrogens with one attached hydrogen (secondary N) is 1. The van der Waals surface area contributed by atoms with Gasteiger partial charge in [0.1, 0.15) is 5.75 Å². The summed E-state index contributed by atoms with van der Waals surface area (Å²) in [6.45, 7) is 2.16. The van der Waals surface area contributed by atoms with Crippen LogP contribution >= 0.6 is 0 Å². The minimum Gasteiger partial charge on any atom is -0.491 e. The summed E-state index contributed by atoms with van der Waals surface area (Å²) in [5.74, 6) is 0.120. The van der Waals surface area contributed by atoms with Gasteiger partial charge in [0.25, 0.3) is 0 Å². The second-order valence-electron chi connectivity index (χ2n) is 4.34. The Morgan fingerprint density at radius 1 is 1.37 bits per heavy atom. The molecule has 0 amide bonds. The first-order valence-electron chi connectivity index (χ1n) is 5.85. The standard InChI is InChI=1S/C13H16F3NO2/c1-9(2)19-11-5-3-4-10(6-11)12(18)7-17-8-13(14,15)16/h3-6,9,17H,7-8H2,1-2H3. The Bertz CT molecular complexity index is 430. The summed E-state index contributed by atoms with van der Waals surface area (Å²) in [5.41, 5.74) is 0.327. The SMILES string of the molecule is CC(C)Oc1cccc(C(=O)CNCC(F)(F)F)c1. The van der Waals surface area contributed by atoms with E-state index in [0.717, 1.165) is 0 Å². The third-order valence-electron chi connectivity index (χ3n) is 2.14. The number of benzene rings is 1. The molecule has 0 aliphatic rings. The first kappa shape index (κ1) is 15.5. The summed E-state index contributed by atoms with van der Waals surface area (Å²) in [7, 11) is 0. The van der Waals surface area contributed by atoms with Crippen LogP contribution < -0.4 is 10.1 Å². The van der Waals surface area contributed by atoms with Gasteiger partial charge in [-0.25, -0.2) is 0 Å². The summed E-state index contributed by atoms with van der Waals surface area (Å²) in [5, 5.41) is 2.07. The monoisotopic (exact) mass is 275 g/mol. The summed E-state index contributed by atoms with van der Waals surface area (Å²) in [6, 6.07) is 6.40. The molecular weight excluding hydrogens is 259 g/mol. The molecule has 6 heteroatoms. The average Bonchev–Trinajstić information content (AvgIpc) is 2.26. The minimum absolute atomic E-state index is 0.0336. The van der Waals surface area contributed by atoms with Crippen molar-refractivity contribution in [2.75, 3.05) is 13.1 Å². The molecule has 0 aromatic heterocycles. The van der Waals surface area contributed by atoms with E-state index in [1.807, 2.05) is 13.8 Å². The fraction of sp³-hybridized carbons (Fsp3) is 0.462. The van der Waals surface area contributed by atoms with Crippen molar-refractivity contribution in [3.05, 3.63) is 29.8 Å². The first-order chi connectivity index (χ1) is 8.78. The molecule has 0 fully saturated rings. The molecule has 0 heterocycles. The molecule has 0 unspecified atom stereocenters. The van der Waals surface area contributed by atoms with Gasteiger partial charge in [0.15, 0.2) is 5.78 Å². The van der Waals surface area contributed by atoms with Crippen molar-refractivity contribution >= 4 is 5.78 Å². The third-order valence-corrected chi connectivity index (χ3v) is 2.14. The van der Waals surface area contributed by atoms with Crippen LogP contribution in [0, 0.1) is 0 Å². The summed E-state index contributed by atoms with van der Waals surface area (Å²) in [4.78, 5) is 11.7. The minimum atomic E-state index is -4.32. The highest BCUT2D eigenvalue weighted by Crippen LogP contribution is 2.15. The van der Waals surface area contributed by atoms with Gasteiger partial charge in [-0.2, -0.15) is 13.2 Å². The lowest BCUT2D eigenvalue weighted by Crippen LogP contribution is -2.32. The molecule has 0 atom stereocenters. The molecule has 106 valence electrons. The Kier molecular flexibility index (Phi) is 5.35. The third kappa shape index (κ3) is 6.24. The van der Waals surface area contributed by atoms with E-state index in [-0.39, 0.29) is 12.6 Å². The summed E-state index contributed by atoms with van der Waals surface area (Å²) >= 11 is 0. The zero-order valence-corrected chi connectivity index (χ0v) is 10.8. The van der Waals surface area contributed by atoms with Crippen LogP contribution in [0.15, 0.2) is 24.3 Å². The predicted molar refractivity (Wildman–Crippen MR) is 65.5 cm³/mol. The van der Waals surface area contributed by atoms with E-state index in [0.29, 0.717) is 11.3 Å². The van der Waals surface area contributed by atoms with Crippen molar-refractivity contribution in [2.24, 2.45) is 0 Å². The molecule has 1 rings (SSSR count). The highest BCUT2D eigenvalue weighted by Gasteiger charge is 2.26. The van der Waals surface area contributed by atoms with Gasteiger partial charge in [-0.05, 0) is 26.0 Å². The molecule has 0 saturated heterocycles. The number of hydrogen-bond acceptors (Lipinski definition) is 3. The van der Waals surface area contributed by atoms with Crippen molar-refractivity contribution in [3.8, 4) is 5.75 Å². The first-order valence-corrected chi connectivity index (χ1v) is 5.85. The number of ether oxygens (including phenoxy) is 1. The Labute approximate surface area is 109 Å². The molecule has 1 aromatic rings. The molecule has 1 N–H and O–H groups in total. The Hall–Kier alpha value is -1.56. The van der Waals surface area contributed by atoms with Crippen molar-refractivity contribution in [1.29, 1.82) is 0 Å². The fourth-order valence-electron chi connectivity index (χ4n) is 1.43. The zero-order valence-electron chi connectivity index (χ0n) is 10.8. The van der Waals surface area contributed by atoms with Crippen LogP contribution in [-0.2, 0) is 0 Å². The number of Topliss-reactive ketones (excluding diaryl/α,β-unsaturated/α-hetero) is 1. The number of carbonyl (C=O) groups is 1. The van der Waals surface area contributed by atoms with Crippen LogP contribution in [0.2, 0.25) is 0 Å². The fourth-order valence-corrected chi connectivity index (χ4v) is 1.43. The van der Waals surface area contributed by atoms with E-state index in [1.54, 1.807) is 18.2 Å². The van der Waals surface area contributed by atoms with Gasteiger partial charge >= 0.3 is 6.18 Å². The van der Waals surface area contributed by atoms with Crippen LogP contribution in [-0.4, -0.2) is 31.2 Å². The van der Waals surface area contributed by atoms with E-state index in [4.69, 9.17) is 4.74 Å². The lowest BCUT2D eigenvalue weighted by Gasteiger charge is -2.11. The molecular formula is C13H16F3NO2. The van der Waals surface area contributed by atoms with E-state index in [2.05, 4.69) is 5.32 Å². The zero-order chi connectivity index (χ0) is 14.5. The molecule has 19 heavy (non-hydrogen) atoms. The molecule has 0 radical (unpaired) electrons. The Morgan fingerprint density at radius 3 is 2.63 bits per heavy atom. The molecule has 0 aliphatic carbocycles. The molecule has 3 nitrogen and oxygen atoms in total. The second-order valence-corrected chi connectivity index (χ2v) is 4.34. The van der Waals surface area contributed by atoms with Crippen molar-refractivity contribution in [1.82, 2.24) is 5.32 Å². The molecule has 1 aromatic carbocycles. The van der Waals surface area contributed by atoms with Gasteiger partial charge in [-0.15, -0.1) is 0 Å². The van der Waals surface area contributed by atoms with Gasteiger partial charge < -0.3 is 10.1 Å². The average molecular weight is 275 g/mol.